The summed E-state index contributed by atoms with van der Waals surface area (Å²) in [5.74, 6) is -0.765. The summed E-state index contributed by atoms with van der Waals surface area (Å²) >= 11 is 0. The molecule has 7 fully saturated rings. The van der Waals surface area contributed by atoms with Crippen LogP contribution >= 0.6 is 0 Å². The average molecular weight is 1020 g/mol. The Morgan fingerprint density at radius 2 is 1.24 bits per heavy atom. The lowest BCUT2D eigenvalue weighted by Gasteiger charge is -2.63. The molecule has 0 amide bonds. The molecule has 0 aromatic heterocycles. The number of carbonyl (C=O) groups is 2. The van der Waals surface area contributed by atoms with Crippen molar-refractivity contribution in [2.45, 2.75) is 249 Å². The van der Waals surface area contributed by atoms with Crippen molar-refractivity contribution in [2.75, 3.05) is 28.4 Å². The molecule has 410 valence electrons. The SMILES string of the molecule is C/C=C(\C)C(=O)O[C@@H]1C[C@H]2[C@@H](CC=C3C[C@@H](O[C@H]4C[C@H](OC)[C@H](O[C@H]5C[C@H](OC)[C@H](O[C@@H]6O[C@H](C)[C@@H](O[C@H]7C[C@H](OC)[C@H](O)[C@@H](C)O7)[C@H](OC)[C@H]6O)[C@@H](C)O5)[C@@H](C)O4)CC[C@@]32C)[C@@]2(O)CC[C@H](C(C)=O)[C@@]12C. The highest BCUT2D eigenvalue weighted by Gasteiger charge is 2.71. The highest BCUT2D eigenvalue weighted by molar-refractivity contribution is 5.88. The van der Waals surface area contributed by atoms with E-state index in [0.29, 0.717) is 56.9 Å². The molecule has 8 aliphatic rings. The summed E-state index contributed by atoms with van der Waals surface area (Å²) in [5, 5.41) is 34.9. The van der Waals surface area contributed by atoms with Crippen molar-refractivity contribution in [3.05, 3.63) is 23.3 Å². The van der Waals surface area contributed by atoms with Gasteiger partial charge >= 0.3 is 5.97 Å². The van der Waals surface area contributed by atoms with E-state index in [9.17, 15) is 24.9 Å². The highest BCUT2D eigenvalue weighted by Crippen LogP contribution is 2.68. The number of carbonyl (C=O) groups excluding carboxylic acids is 2. The van der Waals surface area contributed by atoms with E-state index >= 15 is 0 Å². The fourth-order valence-electron chi connectivity index (χ4n) is 14.5. The normalized spacial score (nSPS) is 49.8. The predicted octanol–water partition coefficient (Wildman–Crippen LogP) is 5.23. The molecule has 18 nitrogen and oxygen atoms in total. The number of aliphatic hydroxyl groups is 3. The van der Waals surface area contributed by atoms with E-state index in [1.54, 1.807) is 41.1 Å². The summed E-state index contributed by atoms with van der Waals surface area (Å²) in [6.45, 7) is 16.8. The largest absolute Gasteiger partial charge is 0.458 e. The second-order valence-corrected chi connectivity index (χ2v) is 22.6. The summed E-state index contributed by atoms with van der Waals surface area (Å²) in [6, 6.07) is 0. The van der Waals surface area contributed by atoms with E-state index in [1.165, 1.54) is 19.8 Å². The zero-order chi connectivity index (χ0) is 52.2. The molecule has 4 saturated heterocycles. The first kappa shape index (κ1) is 56.2. The molecular formula is C54H86O18. The van der Waals surface area contributed by atoms with Gasteiger partial charge in [0.15, 0.2) is 25.2 Å². The first-order valence-corrected chi connectivity index (χ1v) is 26.6. The number of allylic oxidation sites excluding steroid dienone is 2. The van der Waals surface area contributed by atoms with Crippen LogP contribution in [-0.2, 0) is 71.2 Å². The standard InChI is InChI=1S/C54H86O18/c1-14-26(2)50(58)69-40-22-36-35(54(59)20-18-34(27(3)55)53(40,54)9)16-15-32-21-33(17-19-52(32,36)8)68-41-24-38(61-11)46(29(5)65-41)70-43-25-39(62-12)47(30(6)66-43)72-51-45(57)49(63-13)48(31(7)67-51)71-42-23-37(60-10)44(56)28(4)64-42/h14-15,28-31,33-49,51,56-57,59H,16-25H2,1-13H3/b26-14+/t28-,29-,30-,31-,33+,34-,35-,36+,37+,38+,39+,40-,41+,42+,43+,44-,45-,46-,47-,48-,49-,51+,52+,53+,54+/m1/s1. The van der Waals surface area contributed by atoms with Crippen molar-refractivity contribution in [1.29, 1.82) is 0 Å². The van der Waals surface area contributed by atoms with E-state index in [1.807, 2.05) is 34.6 Å². The van der Waals surface area contributed by atoms with Gasteiger partial charge in [0.1, 0.15) is 48.5 Å². The number of hydrogen-bond acceptors (Lipinski definition) is 18. The van der Waals surface area contributed by atoms with Crippen LogP contribution in [0.25, 0.3) is 0 Å². The first-order chi connectivity index (χ1) is 34.1. The molecule has 72 heavy (non-hydrogen) atoms. The Balaban J connectivity index is 0.864. The van der Waals surface area contributed by atoms with Crippen LogP contribution in [0.4, 0.5) is 0 Å². The van der Waals surface area contributed by atoms with Gasteiger partial charge in [-0.2, -0.15) is 0 Å². The number of ether oxygens (including phenoxy) is 13. The molecule has 0 radical (unpaired) electrons. The topological polar surface area (TPSA) is 215 Å². The third kappa shape index (κ3) is 10.3. The van der Waals surface area contributed by atoms with Gasteiger partial charge in [-0.3, -0.25) is 4.79 Å². The number of esters is 1. The van der Waals surface area contributed by atoms with Crippen molar-refractivity contribution < 1.29 is 86.5 Å². The Kier molecular flexibility index (Phi) is 17.6. The first-order valence-electron chi connectivity index (χ1n) is 26.6. The fourth-order valence-corrected chi connectivity index (χ4v) is 14.5. The third-order valence-electron chi connectivity index (χ3n) is 18.9. The second kappa shape index (κ2) is 22.5. The zero-order valence-electron chi connectivity index (χ0n) is 44.9. The van der Waals surface area contributed by atoms with Crippen molar-refractivity contribution in [1.82, 2.24) is 0 Å². The molecule has 0 unspecified atom stereocenters. The summed E-state index contributed by atoms with van der Waals surface area (Å²) < 4.78 is 81.1. The lowest BCUT2D eigenvalue weighted by atomic mass is 9.45. The molecule has 18 heteroatoms. The van der Waals surface area contributed by atoms with Gasteiger partial charge in [-0.25, -0.2) is 4.79 Å². The maximum absolute atomic E-state index is 13.4. The molecule has 4 aliphatic heterocycles. The summed E-state index contributed by atoms with van der Waals surface area (Å²) in [4.78, 5) is 26.5. The van der Waals surface area contributed by atoms with Gasteiger partial charge in [-0.1, -0.05) is 31.6 Å². The molecule has 25 atom stereocenters. The van der Waals surface area contributed by atoms with E-state index < -0.39 is 121 Å². The second-order valence-electron chi connectivity index (χ2n) is 22.6. The number of Topliss-reactive ketones (excluding diaryl/α,β-unsaturated/α-hetero) is 1. The van der Waals surface area contributed by atoms with E-state index in [4.69, 9.17) is 61.6 Å². The lowest BCUT2D eigenvalue weighted by Crippen LogP contribution is -2.66. The van der Waals surface area contributed by atoms with E-state index in [0.717, 1.165) is 12.8 Å². The maximum Gasteiger partial charge on any atom is 0.333 e. The van der Waals surface area contributed by atoms with Crippen LogP contribution in [0.1, 0.15) is 127 Å². The van der Waals surface area contributed by atoms with Crippen molar-refractivity contribution in [2.24, 2.45) is 28.6 Å². The molecule has 3 N–H and O–H groups in total. The predicted molar refractivity (Wildman–Crippen MR) is 258 cm³/mol. The Hall–Kier alpha value is -1.98. The van der Waals surface area contributed by atoms with Crippen LogP contribution in [0.15, 0.2) is 23.3 Å². The molecule has 4 aliphatic carbocycles. The molecule has 4 heterocycles. The number of rotatable bonds is 15. The smallest absolute Gasteiger partial charge is 0.333 e. The number of ketones is 1. The van der Waals surface area contributed by atoms with Gasteiger partial charge < -0.3 is 76.9 Å². The Labute approximate surface area is 426 Å². The maximum atomic E-state index is 13.4. The van der Waals surface area contributed by atoms with Crippen LogP contribution in [0.5, 0.6) is 0 Å². The van der Waals surface area contributed by atoms with Crippen molar-refractivity contribution in [3.8, 4) is 0 Å². The number of fused-ring (bicyclic) bond motifs is 5. The van der Waals surface area contributed by atoms with Crippen molar-refractivity contribution >= 4 is 11.8 Å². The minimum atomic E-state index is -1.24. The molecule has 8 rings (SSSR count). The molecule has 0 aromatic carbocycles. The van der Waals surface area contributed by atoms with E-state index in [2.05, 4.69) is 13.0 Å². The molecule has 0 aromatic rings. The van der Waals surface area contributed by atoms with Gasteiger partial charge in [0.25, 0.3) is 0 Å². The quantitative estimate of drug-likeness (QED) is 0.109. The summed E-state index contributed by atoms with van der Waals surface area (Å²) in [6.07, 6.45) is -2.07. The highest BCUT2D eigenvalue weighted by atomic mass is 16.8. The molecular weight excluding hydrogens is 937 g/mol. The fraction of sp³-hybridized carbons (Fsp3) is 0.889. The molecule has 0 bridgehead atoms. The summed E-state index contributed by atoms with van der Waals surface area (Å²) in [5.41, 5.74) is -0.484. The average Bonchev–Trinajstić information content (AvgIpc) is 3.64. The Bertz CT molecular complexity index is 1950. The minimum absolute atomic E-state index is 0.0350. The van der Waals surface area contributed by atoms with Gasteiger partial charge in [0.2, 0.25) is 0 Å². The van der Waals surface area contributed by atoms with Crippen LogP contribution in [0, 0.1) is 28.6 Å². The summed E-state index contributed by atoms with van der Waals surface area (Å²) in [7, 11) is 6.29. The van der Waals surface area contributed by atoms with Crippen LogP contribution in [0.2, 0.25) is 0 Å². The minimum Gasteiger partial charge on any atom is -0.458 e. The van der Waals surface area contributed by atoms with Crippen LogP contribution in [-0.4, -0.2) is 178 Å². The Morgan fingerprint density at radius 1 is 0.667 bits per heavy atom. The zero-order valence-corrected chi connectivity index (χ0v) is 44.9. The van der Waals surface area contributed by atoms with Gasteiger partial charge in [-0.05, 0) is 111 Å². The molecule has 0 spiro atoms. The number of hydrogen-bond donors (Lipinski definition) is 3. The van der Waals surface area contributed by atoms with Crippen molar-refractivity contribution in [3.63, 3.8) is 0 Å². The third-order valence-corrected chi connectivity index (χ3v) is 18.9. The van der Waals surface area contributed by atoms with Crippen LogP contribution in [0.3, 0.4) is 0 Å². The monoisotopic (exact) mass is 1020 g/mol. The van der Waals surface area contributed by atoms with Gasteiger partial charge in [0, 0.05) is 64.6 Å². The number of aliphatic hydroxyl groups excluding tert-OH is 2. The van der Waals surface area contributed by atoms with Gasteiger partial charge in [-0.15, -0.1) is 0 Å². The number of methoxy groups -OCH3 is 4. The Morgan fingerprint density at radius 3 is 1.83 bits per heavy atom. The van der Waals surface area contributed by atoms with E-state index in [-0.39, 0.29) is 41.2 Å². The van der Waals surface area contributed by atoms with Gasteiger partial charge in [0.05, 0.1) is 54.4 Å². The molecule has 3 saturated carbocycles. The lowest BCUT2D eigenvalue weighted by molar-refractivity contribution is -0.365. The van der Waals surface area contributed by atoms with Crippen LogP contribution < -0.4 is 0 Å².